The van der Waals surface area contributed by atoms with E-state index in [1.807, 2.05) is 6.20 Å². The highest BCUT2D eigenvalue weighted by molar-refractivity contribution is 5.70. The number of aryl methyl sites for hydroxylation is 1. The SMILES string of the molecule is Cc1ccccc1-c1cc[nH]c1C(C)C. The van der Waals surface area contributed by atoms with E-state index in [1.165, 1.54) is 22.4 Å². The maximum absolute atomic E-state index is 3.33. The number of nitrogens with one attached hydrogen (secondary N) is 1. The van der Waals surface area contributed by atoms with Crippen molar-refractivity contribution in [1.29, 1.82) is 0 Å². The van der Waals surface area contributed by atoms with Crippen LogP contribution in [0.3, 0.4) is 0 Å². The molecule has 0 atom stereocenters. The quantitative estimate of drug-likeness (QED) is 0.749. The lowest BCUT2D eigenvalue weighted by atomic mass is 9.97. The zero-order valence-corrected chi connectivity index (χ0v) is 9.54. The maximum Gasteiger partial charge on any atom is 0.0252 e. The number of hydrogen-bond donors (Lipinski definition) is 1. The molecular weight excluding hydrogens is 182 g/mol. The molecule has 0 aliphatic carbocycles. The summed E-state index contributed by atoms with van der Waals surface area (Å²) in [5.74, 6) is 0.537. The van der Waals surface area contributed by atoms with E-state index in [1.54, 1.807) is 0 Å². The zero-order chi connectivity index (χ0) is 10.8. The molecule has 15 heavy (non-hydrogen) atoms. The average Bonchev–Trinajstić information content (AvgIpc) is 2.67. The van der Waals surface area contributed by atoms with Gasteiger partial charge in [-0.25, -0.2) is 0 Å². The fourth-order valence-corrected chi connectivity index (χ4v) is 1.97. The van der Waals surface area contributed by atoms with E-state index < -0.39 is 0 Å². The van der Waals surface area contributed by atoms with Crippen molar-refractivity contribution < 1.29 is 0 Å². The molecule has 1 aromatic heterocycles. The molecule has 0 spiro atoms. The normalized spacial score (nSPS) is 10.9. The van der Waals surface area contributed by atoms with E-state index in [2.05, 4.69) is 56.1 Å². The summed E-state index contributed by atoms with van der Waals surface area (Å²) in [5.41, 5.74) is 5.33. The predicted octanol–water partition coefficient (Wildman–Crippen LogP) is 4.11. The Labute approximate surface area is 91.2 Å². The van der Waals surface area contributed by atoms with Gasteiger partial charge in [-0.2, -0.15) is 0 Å². The van der Waals surface area contributed by atoms with Gasteiger partial charge >= 0.3 is 0 Å². The molecular formula is C14H17N. The lowest BCUT2D eigenvalue weighted by molar-refractivity contribution is 0.835. The zero-order valence-electron chi connectivity index (χ0n) is 9.54. The Kier molecular flexibility index (Phi) is 2.63. The molecule has 0 bridgehead atoms. The molecule has 0 aliphatic heterocycles. The number of hydrogen-bond acceptors (Lipinski definition) is 0. The summed E-state index contributed by atoms with van der Waals surface area (Å²) in [6, 6.07) is 10.7. The number of H-pyrrole nitrogens is 1. The van der Waals surface area contributed by atoms with Crippen molar-refractivity contribution in [3.05, 3.63) is 47.8 Å². The molecule has 0 radical (unpaired) electrons. The summed E-state index contributed by atoms with van der Waals surface area (Å²) in [4.78, 5) is 3.33. The molecule has 78 valence electrons. The van der Waals surface area contributed by atoms with Crippen molar-refractivity contribution in [2.45, 2.75) is 26.7 Å². The number of rotatable bonds is 2. The van der Waals surface area contributed by atoms with Crippen molar-refractivity contribution >= 4 is 0 Å². The van der Waals surface area contributed by atoms with Crippen LogP contribution in [0, 0.1) is 6.92 Å². The molecule has 0 amide bonds. The molecule has 0 fully saturated rings. The monoisotopic (exact) mass is 199 g/mol. The molecule has 1 heterocycles. The van der Waals surface area contributed by atoms with Crippen LogP contribution >= 0.6 is 0 Å². The first-order valence-corrected chi connectivity index (χ1v) is 5.43. The minimum absolute atomic E-state index is 0.537. The molecule has 0 unspecified atom stereocenters. The van der Waals surface area contributed by atoms with Crippen LogP contribution < -0.4 is 0 Å². The maximum atomic E-state index is 3.33. The Morgan fingerprint density at radius 3 is 2.40 bits per heavy atom. The summed E-state index contributed by atoms with van der Waals surface area (Å²) in [6.45, 7) is 6.59. The summed E-state index contributed by atoms with van der Waals surface area (Å²) in [5, 5.41) is 0. The van der Waals surface area contributed by atoms with Gasteiger partial charge in [-0.05, 0) is 30.0 Å². The third-order valence-electron chi connectivity index (χ3n) is 2.79. The van der Waals surface area contributed by atoms with Gasteiger partial charge in [0.1, 0.15) is 0 Å². The first-order chi connectivity index (χ1) is 7.20. The highest BCUT2D eigenvalue weighted by Gasteiger charge is 2.10. The second kappa shape index (κ2) is 3.93. The minimum atomic E-state index is 0.537. The van der Waals surface area contributed by atoms with Crippen LogP contribution in [0.2, 0.25) is 0 Å². The number of aromatic nitrogens is 1. The van der Waals surface area contributed by atoms with Gasteiger partial charge in [0.2, 0.25) is 0 Å². The fourth-order valence-electron chi connectivity index (χ4n) is 1.97. The van der Waals surface area contributed by atoms with Gasteiger partial charge < -0.3 is 4.98 Å². The van der Waals surface area contributed by atoms with Crippen LogP contribution in [0.5, 0.6) is 0 Å². The van der Waals surface area contributed by atoms with Gasteiger partial charge in [-0.3, -0.25) is 0 Å². The van der Waals surface area contributed by atoms with E-state index >= 15 is 0 Å². The minimum Gasteiger partial charge on any atom is -0.364 e. The average molecular weight is 199 g/mol. The van der Waals surface area contributed by atoms with E-state index in [0.29, 0.717) is 5.92 Å². The van der Waals surface area contributed by atoms with Crippen LogP contribution in [-0.4, -0.2) is 4.98 Å². The van der Waals surface area contributed by atoms with Gasteiger partial charge in [0.15, 0.2) is 0 Å². The van der Waals surface area contributed by atoms with Gasteiger partial charge in [0, 0.05) is 17.5 Å². The first kappa shape index (κ1) is 10.0. The van der Waals surface area contributed by atoms with Crippen molar-refractivity contribution in [2.75, 3.05) is 0 Å². The molecule has 0 aliphatic rings. The number of benzene rings is 1. The first-order valence-electron chi connectivity index (χ1n) is 5.43. The Morgan fingerprint density at radius 2 is 1.73 bits per heavy atom. The van der Waals surface area contributed by atoms with Crippen molar-refractivity contribution in [3.63, 3.8) is 0 Å². The summed E-state index contributed by atoms with van der Waals surface area (Å²) < 4.78 is 0. The lowest BCUT2D eigenvalue weighted by Gasteiger charge is -2.09. The molecule has 1 N–H and O–H groups in total. The van der Waals surface area contributed by atoms with Crippen LogP contribution in [0.4, 0.5) is 0 Å². The van der Waals surface area contributed by atoms with Crippen molar-refractivity contribution in [1.82, 2.24) is 4.98 Å². The highest BCUT2D eigenvalue weighted by Crippen LogP contribution is 2.30. The Bertz CT molecular complexity index is 452. The Balaban J connectivity index is 2.55. The van der Waals surface area contributed by atoms with Crippen LogP contribution in [0.1, 0.15) is 31.0 Å². The fraction of sp³-hybridized carbons (Fsp3) is 0.286. The second-order valence-corrected chi connectivity index (χ2v) is 4.27. The molecule has 2 aromatic rings. The Morgan fingerprint density at radius 1 is 1.00 bits per heavy atom. The van der Waals surface area contributed by atoms with Crippen LogP contribution in [0.15, 0.2) is 36.5 Å². The van der Waals surface area contributed by atoms with E-state index in [-0.39, 0.29) is 0 Å². The molecule has 2 rings (SSSR count). The molecule has 1 aromatic carbocycles. The standard InChI is InChI=1S/C14H17N/c1-10(2)14-13(8-9-15-14)12-7-5-4-6-11(12)3/h4-10,15H,1-3H3. The third kappa shape index (κ3) is 1.82. The highest BCUT2D eigenvalue weighted by atomic mass is 14.7. The molecule has 1 heteroatoms. The molecule has 1 nitrogen and oxygen atoms in total. The van der Waals surface area contributed by atoms with Crippen LogP contribution in [-0.2, 0) is 0 Å². The number of aromatic amines is 1. The Hall–Kier alpha value is -1.50. The van der Waals surface area contributed by atoms with Gasteiger partial charge in [0.25, 0.3) is 0 Å². The van der Waals surface area contributed by atoms with Gasteiger partial charge in [-0.15, -0.1) is 0 Å². The van der Waals surface area contributed by atoms with E-state index in [0.717, 1.165) is 0 Å². The second-order valence-electron chi connectivity index (χ2n) is 4.27. The van der Waals surface area contributed by atoms with E-state index in [4.69, 9.17) is 0 Å². The van der Waals surface area contributed by atoms with E-state index in [9.17, 15) is 0 Å². The molecule has 0 saturated heterocycles. The molecule has 0 saturated carbocycles. The lowest BCUT2D eigenvalue weighted by Crippen LogP contribution is -1.91. The van der Waals surface area contributed by atoms with Crippen molar-refractivity contribution in [3.8, 4) is 11.1 Å². The van der Waals surface area contributed by atoms with Crippen LogP contribution in [0.25, 0.3) is 11.1 Å². The smallest absolute Gasteiger partial charge is 0.0252 e. The summed E-state index contributed by atoms with van der Waals surface area (Å²) in [6.07, 6.45) is 2.02. The van der Waals surface area contributed by atoms with Gasteiger partial charge in [-0.1, -0.05) is 38.1 Å². The van der Waals surface area contributed by atoms with Gasteiger partial charge in [0.05, 0.1) is 0 Å². The van der Waals surface area contributed by atoms with Crippen molar-refractivity contribution in [2.24, 2.45) is 0 Å². The predicted molar refractivity (Wildman–Crippen MR) is 65.1 cm³/mol. The third-order valence-corrected chi connectivity index (χ3v) is 2.79. The largest absolute Gasteiger partial charge is 0.364 e. The summed E-state index contributed by atoms with van der Waals surface area (Å²) in [7, 11) is 0. The summed E-state index contributed by atoms with van der Waals surface area (Å²) >= 11 is 0. The topological polar surface area (TPSA) is 15.8 Å².